The zero-order valence-electron chi connectivity index (χ0n) is 18.0. The van der Waals surface area contributed by atoms with Crippen LogP contribution in [0.25, 0.3) is 5.69 Å². The molecular weight excluding hydrogens is 362 g/mol. The highest BCUT2D eigenvalue weighted by molar-refractivity contribution is 5.79. The molecule has 1 saturated heterocycles. The van der Waals surface area contributed by atoms with E-state index in [2.05, 4.69) is 68.6 Å². The Balaban J connectivity index is 1.37. The molecule has 0 amide bonds. The quantitative estimate of drug-likeness (QED) is 0.523. The van der Waals surface area contributed by atoms with Crippen LogP contribution in [0.5, 0.6) is 0 Å². The number of piperazine rings is 1. The molecule has 1 aliphatic heterocycles. The number of guanidine groups is 1. The first-order valence-corrected chi connectivity index (χ1v) is 10.7. The van der Waals surface area contributed by atoms with E-state index in [9.17, 15) is 0 Å². The Morgan fingerprint density at radius 1 is 1.14 bits per heavy atom. The molecule has 1 unspecified atom stereocenters. The van der Waals surface area contributed by atoms with Crippen molar-refractivity contribution in [2.24, 2.45) is 4.99 Å². The first kappa shape index (κ1) is 21.3. The van der Waals surface area contributed by atoms with Gasteiger partial charge in [-0.1, -0.05) is 19.1 Å². The molecule has 1 aliphatic rings. The van der Waals surface area contributed by atoms with Crippen LogP contribution in [-0.4, -0.2) is 84.4 Å². The lowest BCUT2D eigenvalue weighted by atomic mass is 10.1. The molecule has 0 radical (unpaired) electrons. The Morgan fingerprint density at radius 3 is 2.52 bits per heavy atom. The first-order valence-electron chi connectivity index (χ1n) is 10.7. The van der Waals surface area contributed by atoms with Gasteiger partial charge in [0.1, 0.15) is 0 Å². The standard InChI is InChI=1S/C22H35N7/c1-4-27-14-16-28(17-15-27)19(2)18-25-22(23-3)24-12-10-20-6-8-21(9-7-20)29-13-5-11-26-29/h5-9,11,13,19H,4,10,12,14-18H2,1-3H3,(H2,23,24,25). The summed E-state index contributed by atoms with van der Waals surface area (Å²) in [6.07, 6.45) is 4.70. The zero-order valence-corrected chi connectivity index (χ0v) is 18.0. The summed E-state index contributed by atoms with van der Waals surface area (Å²) >= 11 is 0. The van der Waals surface area contributed by atoms with Crippen LogP contribution in [0.1, 0.15) is 19.4 Å². The van der Waals surface area contributed by atoms with Crippen molar-refractivity contribution in [3.05, 3.63) is 48.3 Å². The fraction of sp³-hybridized carbons (Fsp3) is 0.545. The van der Waals surface area contributed by atoms with E-state index in [-0.39, 0.29) is 0 Å². The van der Waals surface area contributed by atoms with Crippen molar-refractivity contribution >= 4 is 5.96 Å². The minimum atomic E-state index is 0.502. The number of aliphatic imine (C=N–C) groups is 1. The Bertz CT molecular complexity index is 731. The third-order valence-electron chi connectivity index (χ3n) is 5.68. The lowest BCUT2D eigenvalue weighted by Crippen LogP contribution is -2.53. The zero-order chi connectivity index (χ0) is 20.5. The van der Waals surface area contributed by atoms with Gasteiger partial charge < -0.3 is 15.5 Å². The second-order valence-electron chi connectivity index (χ2n) is 7.57. The summed E-state index contributed by atoms with van der Waals surface area (Å²) in [4.78, 5) is 9.44. The third-order valence-corrected chi connectivity index (χ3v) is 5.68. The van der Waals surface area contributed by atoms with Gasteiger partial charge in [0.25, 0.3) is 0 Å². The van der Waals surface area contributed by atoms with Gasteiger partial charge in [-0.3, -0.25) is 9.89 Å². The van der Waals surface area contributed by atoms with Crippen LogP contribution in [0.4, 0.5) is 0 Å². The number of hydrogen-bond acceptors (Lipinski definition) is 4. The molecule has 0 aliphatic carbocycles. The molecule has 1 atom stereocenters. The van der Waals surface area contributed by atoms with Gasteiger partial charge >= 0.3 is 0 Å². The third kappa shape index (κ3) is 6.30. The number of rotatable bonds is 8. The van der Waals surface area contributed by atoms with Gasteiger partial charge in [-0.25, -0.2) is 4.68 Å². The predicted molar refractivity (Wildman–Crippen MR) is 120 cm³/mol. The summed E-state index contributed by atoms with van der Waals surface area (Å²) in [5.74, 6) is 0.872. The average Bonchev–Trinajstić information content (AvgIpc) is 3.31. The molecule has 158 valence electrons. The maximum absolute atomic E-state index is 4.37. The molecule has 29 heavy (non-hydrogen) atoms. The number of hydrogen-bond donors (Lipinski definition) is 2. The second-order valence-corrected chi connectivity index (χ2v) is 7.57. The van der Waals surface area contributed by atoms with E-state index < -0.39 is 0 Å². The highest BCUT2D eigenvalue weighted by atomic mass is 15.3. The summed E-state index contributed by atoms with van der Waals surface area (Å²) < 4.78 is 1.87. The van der Waals surface area contributed by atoms with Crippen molar-refractivity contribution in [2.45, 2.75) is 26.3 Å². The normalized spacial score (nSPS) is 17.3. The van der Waals surface area contributed by atoms with Crippen molar-refractivity contribution in [2.75, 3.05) is 52.9 Å². The smallest absolute Gasteiger partial charge is 0.191 e. The van der Waals surface area contributed by atoms with Crippen LogP contribution >= 0.6 is 0 Å². The highest BCUT2D eigenvalue weighted by Gasteiger charge is 2.20. The minimum absolute atomic E-state index is 0.502. The van der Waals surface area contributed by atoms with Crippen molar-refractivity contribution in [1.82, 2.24) is 30.2 Å². The van der Waals surface area contributed by atoms with E-state index in [1.165, 1.54) is 18.7 Å². The Labute approximate surface area is 174 Å². The SMILES string of the molecule is CCN1CCN(C(C)CNC(=NC)NCCc2ccc(-n3cccn3)cc2)CC1. The molecule has 3 rings (SSSR count). The minimum Gasteiger partial charge on any atom is -0.356 e. The van der Waals surface area contributed by atoms with Gasteiger partial charge in [0.15, 0.2) is 5.96 Å². The molecule has 1 aromatic heterocycles. The van der Waals surface area contributed by atoms with E-state index in [0.29, 0.717) is 6.04 Å². The van der Waals surface area contributed by atoms with E-state index in [4.69, 9.17) is 0 Å². The molecule has 7 heteroatoms. The number of aromatic nitrogens is 2. The van der Waals surface area contributed by atoms with Crippen LogP contribution in [0.2, 0.25) is 0 Å². The molecule has 1 fully saturated rings. The van der Waals surface area contributed by atoms with Gasteiger partial charge in [0.05, 0.1) is 5.69 Å². The van der Waals surface area contributed by atoms with Gasteiger partial charge in [-0.05, 0) is 43.7 Å². The predicted octanol–water partition coefficient (Wildman–Crippen LogP) is 1.61. The molecule has 0 saturated carbocycles. The molecule has 7 nitrogen and oxygen atoms in total. The molecule has 0 bridgehead atoms. The summed E-state index contributed by atoms with van der Waals surface area (Å²) in [6.45, 7) is 12.1. The Morgan fingerprint density at radius 2 is 1.90 bits per heavy atom. The van der Waals surface area contributed by atoms with Crippen LogP contribution in [0.3, 0.4) is 0 Å². The van der Waals surface area contributed by atoms with Crippen LogP contribution in [0.15, 0.2) is 47.7 Å². The van der Waals surface area contributed by atoms with Crippen LogP contribution in [-0.2, 0) is 6.42 Å². The van der Waals surface area contributed by atoms with E-state index in [1.807, 2.05) is 24.0 Å². The largest absolute Gasteiger partial charge is 0.356 e. The van der Waals surface area contributed by atoms with Gasteiger partial charge in [0.2, 0.25) is 0 Å². The average molecular weight is 398 g/mol. The van der Waals surface area contributed by atoms with Crippen molar-refractivity contribution in [3.63, 3.8) is 0 Å². The number of nitrogens with one attached hydrogen (secondary N) is 2. The van der Waals surface area contributed by atoms with Crippen molar-refractivity contribution in [1.29, 1.82) is 0 Å². The van der Waals surface area contributed by atoms with Gasteiger partial charge in [0, 0.05) is 64.8 Å². The van der Waals surface area contributed by atoms with Gasteiger partial charge in [-0.2, -0.15) is 5.10 Å². The highest BCUT2D eigenvalue weighted by Crippen LogP contribution is 2.09. The molecule has 2 heterocycles. The fourth-order valence-corrected chi connectivity index (χ4v) is 3.68. The van der Waals surface area contributed by atoms with Crippen molar-refractivity contribution in [3.8, 4) is 5.69 Å². The lowest BCUT2D eigenvalue weighted by molar-refractivity contribution is 0.107. The summed E-state index contributed by atoms with van der Waals surface area (Å²) in [6, 6.07) is 11.0. The second kappa shape index (κ2) is 11.0. The summed E-state index contributed by atoms with van der Waals surface area (Å²) in [5, 5.41) is 11.2. The molecule has 0 spiro atoms. The number of likely N-dealkylation sites (N-methyl/N-ethyl adjacent to an activating group) is 1. The Kier molecular flexibility index (Phi) is 8.07. The Hall–Kier alpha value is -2.38. The maximum atomic E-state index is 4.37. The molecular formula is C22H35N7. The number of benzene rings is 1. The first-order chi connectivity index (χ1) is 14.2. The molecule has 1 aromatic carbocycles. The van der Waals surface area contributed by atoms with E-state index >= 15 is 0 Å². The van der Waals surface area contributed by atoms with E-state index in [1.54, 1.807) is 6.20 Å². The topological polar surface area (TPSA) is 60.7 Å². The van der Waals surface area contributed by atoms with Crippen LogP contribution < -0.4 is 10.6 Å². The van der Waals surface area contributed by atoms with E-state index in [0.717, 1.165) is 50.8 Å². The van der Waals surface area contributed by atoms with Crippen molar-refractivity contribution < 1.29 is 0 Å². The lowest BCUT2D eigenvalue weighted by Gasteiger charge is -2.37. The van der Waals surface area contributed by atoms with Gasteiger partial charge in [-0.15, -0.1) is 0 Å². The monoisotopic (exact) mass is 397 g/mol. The maximum Gasteiger partial charge on any atom is 0.191 e. The summed E-state index contributed by atoms with van der Waals surface area (Å²) in [7, 11) is 1.83. The summed E-state index contributed by atoms with van der Waals surface area (Å²) in [5.41, 5.74) is 2.38. The van der Waals surface area contributed by atoms with Crippen LogP contribution in [0, 0.1) is 0 Å². The number of nitrogens with zero attached hydrogens (tertiary/aromatic N) is 5. The molecule has 2 aromatic rings. The fourth-order valence-electron chi connectivity index (χ4n) is 3.68. The molecule has 2 N–H and O–H groups in total.